The summed E-state index contributed by atoms with van der Waals surface area (Å²) in [7, 11) is -3.27. The highest BCUT2D eigenvalue weighted by molar-refractivity contribution is 7.86. The van der Waals surface area contributed by atoms with E-state index in [9.17, 15) is 8.42 Å². The summed E-state index contributed by atoms with van der Waals surface area (Å²) >= 11 is 5.84. The van der Waals surface area contributed by atoms with Gasteiger partial charge in [0.1, 0.15) is 0 Å². The van der Waals surface area contributed by atoms with Crippen molar-refractivity contribution in [1.82, 2.24) is 8.61 Å². The van der Waals surface area contributed by atoms with Gasteiger partial charge < -0.3 is 0 Å². The first-order chi connectivity index (χ1) is 8.06. The quantitative estimate of drug-likeness (QED) is 0.699. The number of hydrogen-bond donors (Lipinski definition) is 0. The molecule has 0 saturated carbocycles. The Bertz CT molecular complexity index is 321. The van der Waals surface area contributed by atoms with Gasteiger partial charge in [0, 0.05) is 32.1 Å². The molecule has 1 rings (SSSR count). The van der Waals surface area contributed by atoms with Crippen molar-refractivity contribution in [2.45, 2.75) is 33.1 Å². The molecular formula is C11H23ClN2O2S. The highest BCUT2D eigenvalue weighted by Crippen LogP contribution is 2.22. The molecule has 0 spiro atoms. The summed E-state index contributed by atoms with van der Waals surface area (Å²) in [6, 6.07) is 0. The van der Waals surface area contributed by atoms with Gasteiger partial charge in [-0.15, -0.1) is 11.6 Å². The zero-order chi connectivity index (χ0) is 12.9. The second-order valence-electron chi connectivity index (χ2n) is 4.52. The van der Waals surface area contributed by atoms with Gasteiger partial charge in [-0.25, -0.2) is 0 Å². The van der Waals surface area contributed by atoms with Crippen LogP contribution in [-0.2, 0) is 10.2 Å². The molecule has 0 aromatic rings. The maximum atomic E-state index is 12.4. The van der Waals surface area contributed by atoms with E-state index in [1.807, 2.05) is 13.8 Å². The van der Waals surface area contributed by atoms with Gasteiger partial charge in [0.2, 0.25) is 0 Å². The minimum Gasteiger partial charge on any atom is -0.195 e. The van der Waals surface area contributed by atoms with Gasteiger partial charge in [-0.3, -0.25) is 0 Å². The van der Waals surface area contributed by atoms with Gasteiger partial charge in [-0.2, -0.15) is 17.0 Å². The normalized spacial score (nSPS) is 23.2. The second-order valence-corrected chi connectivity index (χ2v) is 6.76. The number of alkyl halides is 1. The summed E-state index contributed by atoms with van der Waals surface area (Å²) in [5.74, 6) is 0.854. The van der Waals surface area contributed by atoms with Crippen LogP contribution in [0.25, 0.3) is 0 Å². The summed E-state index contributed by atoms with van der Waals surface area (Å²) in [5.41, 5.74) is 0. The van der Waals surface area contributed by atoms with E-state index < -0.39 is 10.2 Å². The summed E-state index contributed by atoms with van der Waals surface area (Å²) in [6.45, 7) is 6.23. The lowest BCUT2D eigenvalue weighted by Crippen LogP contribution is -2.48. The molecule has 0 bridgehead atoms. The molecule has 102 valence electrons. The number of nitrogens with zero attached hydrogens (tertiary/aromatic N) is 2. The molecule has 1 atom stereocenters. The number of piperidine rings is 1. The van der Waals surface area contributed by atoms with Crippen LogP contribution in [0.3, 0.4) is 0 Å². The van der Waals surface area contributed by atoms with Crippen molar-refractivity contribution in [2.24, 2.45) is 5.92 Å². The van der Waals surface area contributed by atoms with Gasteiger partial charge in [0.15, 0.2) is 0 Å². The van der Waals surface area contributed by atoms with Gasteiger partial charge in [0.25, 0.3) is 10.2 Å². The van der Waals surface area contributed by atoms with Gasteiger partial charge in [0.05, 0.1) is 0 Å². The predicted molar refractivity (Wildman–Crippen MR) is 71.5 cm³/mol. The Hall–Kier alpha value is 0.160. The van der Waals surface area contributed by atoms with E-state index in [0.29, 0.717) is 38.0 Å². The van der Waals surface area contributed by atoms with Crippen LogP contribution < -0.4 is 0 Å². The number of halogens is 1. The summed E-state index contributed by atoms with van der Waals surface area (Å²) < 4.78 is 27.9. The molecule has 1 heterocycles. The first-order valence-corrected chi connectivity index (χ1v) is 8.30. The Kier molecular flexibility index (Phi) is 6.20. The predicted octanol–water partition coefficient (Wildman–Crippen LogP) is 1.91. The Balaban J connectivity index is 2.74. The summed E-state index contributed by atoms with van der Waals surface area (Å²) in [5, 5.41) is 0. The average molecular weight is 283 g/mol. The maximum Gasteiger partial charge on any atom is 0.281 e. The van der Waals surface area contributed by atoms with Crippen LogP contribution in [0, 0.1) is 5.92 Å². The fourth-order valence-electron chi connectivity index (χ4n) is 2.21. The lowest BCUT2D eigenvalue weighted by molar-refractivity contribution is 0.261. The Morgan fingerprint density at radius 3 is 2.65 bits per heavy atom. The average Bonchev–Trinajstić information content (AvgIpc) is 2.35. The highest BCUT2D eigenvalue weighted by atomic mass is 35.5. The lowest BCUT2D eigenvalue weighted by atomic mass is 10.0. The van der Waals surface area contributed by atoms with Crippen molar-refractivity contribution >= 4 is 21.8 Å². The highest BCUT2D eigenvalue weighted by Gasteiger charge is 2.32. The van der Waals surface area contributed by atoms with Crippen LogP contribution in [0.5, 0.6) is 0 Å². The molecule has 0 aromatic carbocycles. The van der Waals surface area contributed by atoms with Crippen LogP contribution in [0.4, 0.5) is 0 Å². The largest absolute Gasteiger partial charge is 0.281 e. The molecule has 17 heavy (non-hydrogen) atoms. The fourth-order valence-corrected chi connectivity index (χ4v) is 4.29. The molecule has 0 amide bonds. The molecule has 0 aliphatic carbocycles. The Morgan fingerprint density at radius 2 is 2.12 bits per heavy atom. The molecular weight excluding hydrogens is 260 g/mol. The maximum absolute atomic E-state index is 12.4. The van der Waals surface area contributed by atoms with E-state index in [4.69, 9.17) is 11.6 Å². The van der Waals surface area contributed by atoms with Crippen LogP contribution in [0.2, 0.25) is 0 Å². The first-order valence-electron chi connectivity index (χ1n) is 6.37. The van der Waals surface area contributed by atoms with Crippen molar-refractivity contribution in [3.8, 4) is 0 Å². The SMILES string of the molecule is CCCN(CC)S(=O)(=O)N1CCCC(CCl)C1. The molecule has 1 unspecified atom stereocenters. The number of rotatable bonds is 6. The summed E-state index contributed by atoms with van der Waals surface area (Å²) in [4.78, 5) is 0. The third kappa shape index (κ3) is 3.81. The van der Waals surface area contributed by atoms with Gasteiger partial charge in [-0.05, 0) is 25.2 Å². The van der Waals surface area contributed by atoms with E-state index in [1.54, 1.807) is 8.61 Å². The third-order valence-electron chi connectivity index (χ3n) is 3.18. The molecule has 1 saturated heterocycles. The van der Waals surface area contributed by atoms with Crippen molar-refractivity contribution in [3.05, 3.63) is 0 Å². The van der Waals surface area contributed by atoms with Crippen LogP contribution >= 0.6 is 11.6 Å². The smallest absolute Gasteiger partial charge is 0.195 e. The topological polar surface area (TPSA) is 40.6 Å². The fraction of sp³-hybridized carbons (Fsp3) is 1.00. The zero-order valence-corrected chi connectivity index (χ0v) is 12.3. The van der Waals surface area contributed by atoms with Gasteiger partial charge >= 0.3 is 0 Å². The van der Waals surface area contributed by atoms with Crippen molar-refractivity contribution in [2.75, 3.05) is 32.1 Å². The van der Waals surface area contributed by atoms with Crippen LogP contribution in [-0.4, -0.2) is 49.1 Å². The molecule has 0 aromatic heterocycles. The Morgan fingerprint density at radius 1 is 1.41 bits per heavy atom. The monoisotopic (exact) mass is 282 g/mol. The molecule has 0 radical (unpaired) electrons. The Labute approximate surface area is 110 Å². The third-order valence-corrected chi connectivity index (χ3v) is 5.69. The van der Waals surface area contributed by atoms with Crippen molar-refractivity contribution in [3.63, 3.8) is 0 Å². The minimum absolute atomic E-state index is 0.306. The van der Waals surface area contributed by atoms with Crippen molar-refractivity contribution < 1.29 is 8.42 Å². The molecule has 1 aliphatic rings. The first kappa shape index (κ1) is 15.2. The number of hydrogen-bond acceptors (Lipinski definition) is 2. The summed E-state index contributed by atoms with van der Waals surface area (Å²) in [6.07, 6.45) is 2.80. The van der Waals surface area contributed by atoms with Gasteiger partial charge in [-0.1, -0.05) is 13.8 Å². The molecule has 1 aliphatic heterocycles. The second kappa shape index (κ2) is 6.92. The van der Waals surface area contributed by atoms with Crippen molar-refractivity contribution in [1.29, 1.82) is 0 Å². The van der Waals surface area contributed by atoms with Crippen LogP contribution in [0.1, 0.15) is 33.1 Å². The molecule has 4 nitrogen and oxygen atoms in total. The van der Waals surface area contributed by atoms with E-state index in [0.717, 1.165) is 19.3 Å². The molecule has 6 heteroatoms. The van der Waals surface area contributed by atoms with E-state index in [-0.39, 0.29) is 0 Å². The zero-order valence-electron chi connectivity index (χ0n) is 10.7. The van der Waals surface area contributed by atoms with E-state index in [2.05, 4.69) is 0 Å². The van der Waals surface area contributed by atoms with E-state index >= 15 is 0 Å². The minimum atomic E-state index is -3.27. The molecule has 0 N–H and O–H groups in total. The molecule has 1 fully saturated rings. The lowest BCUT2D eigenvalue weighted by Gasteiger charge is -2.34. The standard InChI is InChI=1S/C11H23ClN2O2S/c1-3-7-13(4-2)17(15,16)14-8-5-6-11(9-12)10-14/h11H,3-10H2,1-2H3. The van der Waals surface area contributed by atoms with E-state index in [1.165, 1.54) is 0 Å². The van der Waals surface area contributed by atoms with Crippen LogP contribution in [0.15, 0.2) is 0 Å².